The second-order valence-electron chi connectivity index (χ2n) is 5.49. The zero-order chi connectivity index (χ0) is 16.2. The highest BCUT2D eigenvalue weighted by Crippen LogP contribution is 2.29. The zero-order valence-electron chi connectivity index (χ0n) is 13.1. The fourth-order valence-corrected chi connectivity index (χ4v) is 2.18. The van der Waals surface area contributed by atoms with Crippen molar-refractivity contribution in [3.05, 3.63) is 33.4 Å². The first kappa shape index (κ1) is 16.9. The van der Waals surface area contributed by atoms with Crippen LogP contribution in [0.5, 0.6) is 5.75 Å². The quantitative estimate of drug-likeness (QED) is 0.643. The standard InChI is InChI=1S/C15H21N3O3/c1-10-6-11(2)14(7-13(10)18(19)20)21-12(3)8-15(4,9-16)17-5/h6-7,12,17H,8H2,1-5H3. The van der Waals surface area contributed by atoms with E-state index in [1.54, 1.807) is 27.0 Å². The molecule has 114 valence electrons. The van der Waals surface area contributed by atoms with E-state index in [4.69, 9.17) is 10.00 Å². The smallest absolute Gasteiger partial charge is 0.276 e. The van der Waals surface area contributed by atoms with Crippen LogP contribution < -0.4 is 10.1 Å². The Morgan fingerprint density at radius 3 is 2.57 bits per heavy atom. The van der Waals surface area contributed by atoms with Gasteiger partial charge in [0, 0.05) is 12.0 Å². The molecule has 0 aliphatic rings. The van der Waals surface area contributed by atoms with Crippen molar-refractivity contribution in [2.24, 2.45) is 0 Å². The van der Waals surface area contributed by atoms with E-state index in [0.29, 0.717) is 17.7 Å². The van der Waals surface area contributed by atoms with E-state index in [1.165, 1.54) is 6.07 Å². The summed E-state index contributed by atoms with van der Waals surface area (Å²) in [4.78, 5) is 10.6. The Hall–Kier alpha value is -2.13. The van der Waals surface area contributed by atoms with E-state index >= 15 is 0 Å². The van der Waals surface area contributed by atoms with Crippen LogP contribution in [-0.2, 0) is 0 Å². The summed E-state index contributed by atoms with van der Waals surface area (Å²) in [6.07, 6.45) is 0.226. The van der Waals surface area contributed by atoms with Crippen LogP contribution in [0.15, 0.2) is 12.1 Å². The average Bonchev–Trinajstić information content (AvgIpc) is 2.41. The Morgan fingerprint density at radius 1 is 1.48 bits per heavy atom. The Morgan fingerprint density at radius 2 is 2.10 bits per heavy atom. The van der Waals surface area contributed by atoms with Crippen molar-refractivity contribution in [1.82, 2.24) is 5.32 Å². The molecule has 2 unspecified atom stereocenters. The number of rotatable bonds is 6. The van der Waals surface area contributed by atoms with Gasteiger partial charge in [-0.05, 0) is 46.4 Å². The van der Waals surface area contributed by atoms with Crippen LogP contribution >= 0.6 is 0 Å². The van der Waals surface area contributed by atoms with Crippen LogP contribution in [0, 0.1) is 35.3 Å². The highest BCUT2D eigenvalue weighted by atomic mass is 16.6. The van der Waals surface area contributed by atoms with E-state index in [0.717, 1.165) is 5.56 Å². The van der Waals surface area contributed by atoms with E-state index in [1.807, 2.05) is 13.8 Å². The first-order valence-electron chi connectivity index (χ1n) is 6.75. The Labute approximate surface area is 124 Å². The van der Waals surface area contributed by atoms with Crippen molar-refractivity contribution in [1.29, 1.82) is 5.26 Å². The lowest BCUT2D eigenvalue weighted by Crippen LogP contribution is -2.41. The number of aryl methyl sites for hydroxylation is 2. The molecule has 21 heavy (non-hydrogen) atoms. The van der Waals surface area contributed by atoms with Crippen LogP contribution in [0.1, 0.15) is 31.4 Å². The molecule has 2 atom stereocenters. The maximum absolute atomic E-state index is 11.0. The molecule has 0 heterocycles. The number of nitrogens with one attached hydrogen (secondary N) is 1. The molecule has 0 radical (unpaired) electrons. The van der Waals surface area contributed by atoms with Crippen LogP contribution in [0.25, 0.3) is 0 Å². The second-order valence-corrected chi connectivity index (χ2v) is 5.49. The van der Waals surface area contributed by atoms with Crippen LogP contribution in [0.3, 0.4) is 0 Å². The minimum Gasteiger partial charge on any atom is -0.490 e. The molecular formula is C15H21N3O3. The fraction of sp³-hybridized carbons (Fsp3) is 0.533. The molecule has 1 aromatic carbocycles. The number of nitrogens with zero attached hydrogens (tertiary/aromatic N) is 2. The van der Waals surface area contributed by atoms with Crippen LogP contribution in [0.4, 0.5) is 5.69 Å². The topological polar surface area (TPSA) is 88.2 Å². The summed E-state index contributed by atoms with van der Waals surface area (Å²) < 4.78 is 5.79. The molecule has 0 aromatic heterocycles. The van der Waals surface area contributed by atoms with Gasteiger partial charge in [-0.15, -0.1) is 0 Å². The predicted molar refractivity (Wildman–Crippen MR) is 80.4 cm³/mol. The van der Waals surface area contributed by atoms with Crippen molar-refractivity contribution in [2.45, 2.75) is 45.8 Å². The normalized spacial score (nSPS) is 14.9. The lowest BCUT2D eigenvalue weighted by atomic mass is 9.97. The van der Waals surface area contributed by atoms with Gasteiger partial charge in [0.25, 0.3) is 5.69 Å². The molecule has 6 heteroatoms. The first-order chi connectivity index (χ1) is 9.72. The van der Waals surface area contributed by atoms with Gasteiger partial charge >= 0.3 is 0 Å². The lowest BCUT2D eigenvalue weighted by Gasteiger charge is -2.25. The van der Waals surface area contributed by atoms with Crippen molar-refractivity contribution in [2.75, 3.05) is 7.05 Å². The van der Waals surface area contributed by atoms with Gasteiger partial charge in [-0.2, -0.15) is 5.26 Å². The van der Waals surface area contributed by atoms with Crippen molar-refractivity contribution in [3.8, 4) is 11.8 Å². The number of nitro groups is 1. The van der Waals surface area contributed by atoms with Gasteiger partial charge in [-0.25, -0.2) is 0 Å². The summed E-state index contributed by atoms with van der Waals surface area (Å²) in [6, 6.07) is 5.39. The Kier molecular flexibility index (Phi) is 5.28. The number of benzene rings is 1. The Balaban J connectivity index is 2.96. The number of nitro benzene ring substituents is 1. The zero-order valence-corrected chi connectivity index (χ0v) is 13.1. The summed E-state index contributed by atoms with van der Waals surface area (Å²) in [5, 5.41) is 23.1. The molecule has 1 N–H and O–H groups in total. The van der Waals surface area contributed by atoms with E-state index < -0.39 is 10.5 Å². The highest BCUT2D eigenvalue weighted by molar-refractivity contribution is 5.49. The van der Waals surface area contributed by atoms with Crippen molar-refractivity contribution in [3.63, 3.8) is 0 Å². The molecule has 0 aliphatic carbocycles. The van der Waals surface area contributed by atoms with Gasteiger partial charge in [0.15, 0.2) is 0 Å². The largest absolute Gasteiger partial charge is 0.490 e. The molecule has 0 bridgehead atoms. The minimum atomic E-state index is -0.691. The van der Waals surface area contributed by atoms with Gasteiger partial charge in [0.2, 0.25) is 0 Å². The summed E-state index contributed by atoms with van der Waals surface area (Å²) in [7, 11) is 1.72. The molecule has 0 spiro atoms. The number of nitriles is 1. The first-order valence-corrected chi connectivity index (χ1v) is 6.75. The highest BCUT2D eigenvalue weighted by Gasteiger charge is 2.26. The minimum absolute atomic E-state index is 0.0412. The van der Waals surface area contributed by atoms with Crippen molar-refractivity contribution < 1.29 is 9.66 Å². The number of ether oxygens (including phenoxy) is 1. The van der Waals surface area contributed by atoms with E-state index in [9.17, 15) is 10.1 Å². The monoisotopic (exact) mass is 291 g/mol. The Bertz CT molecular complexity index is 580. The molecule has 1 aromatic rings. The van der Waals surface area contributed by atoms with Gasteiger partial charge in [0.05, 0.1) is 23.2 Å². The molecular weight excluding hydrogens is 270 g/mol. The van der Waals surface area contributed by atoms with Gasteiger partial charge < -0.3 is 10.1 Å². The van der Waals surface area contributed by atoms with Crippen LogP contribution in [-0.4, -0.2) is 23.6 Å². The number of hydrogen-bond acceptors (Lipinski definition) is 5. The molecule has 6 nitrogen and oxygen atoms in total. The molecule has 0 saturated carbocycles. The third-order valence-corrected chi connectivity index (χ3v) is 3.51. The van der Waals surface area contributed by atoms with Crippen molar-refractivity contribution >= 4 is 5.69 Å². The van der Waals surface area contributed by atoms with Gasteiger partial charge in [0.1, 0.15) is 11.3 Å². The van der Waals surface area contributed by atoms with Gasteiger partial charge in [-0.1, -0.05) is 0 Å². The molecule has 0 amide bonds. The van der Waals surface area contributed by atoms with E-state index in [2.05, 4.69) is 11.4 Å². The third kappa shape index (κ3) is 4.17. The molecule has 1 rings (SSSR count). The average molecular weight is 291 g/mol. The molecule has 0 saturated heterocycles. The fourth-order valence-electron chi connectivity index (χ4n) is 2.18. The van der Waals surface area contributed by atoms with E-state index in [-0.39, 0.29) is 11.8 Å². The lowest BCUT2D eigenvalue weighted by molar-refractivity contribution is -0.385. The second kappa shape index (κ2) is 6.55. The molecule has 0 fully saturated rings. The van der Waals surface area contributed by atoms with Crippen LogP contribution in [0.2, 0.25) is 0 Å². The summed E-state index contributed by atoms with van der Waals surface area (Å²) in [5.41, 5.74) is 0.798. The maximum atomic E-state index is 11.0. The predicted octanol–water partition coefficient (Wildman–Crippen LogP) is 2.87. The third-order valence-electron chi connectivity index (χ3n) is 3.51. The maximum Gasteiger partial charge on any atom is 0.276 e. The summed E-state index contributed by atoms with van der Waals surface area (Å²) in [6.45, 7) is 7.18. The summed E-state index contributed by atoms with van der Waals surface area (Å²) >= 11 is 0. The summed E-state index contributed by atoms with van der Waals surface area (Å²) in [5.74, 6) is 0.483. The SMILES string of the molecule is CNC(C)(C#N)CC(C)Oc1cc([N+](=O)[O-])c(C)cc1C. The van der Waals surface area contributed by atoms with Gasteiger partial charge in [-0.3, -0.25) is 10.1 Å². The number of hydrogen-bond donors (Lipinski definition) is 1. The molecule has 0 aliphatic heterocycles.